The molecular formula is C35H36N2S. The predicted octanol–water partition coefficient (Wildman–Crippen LogP) is 9.28. The quantitative estimate of drug-likeness (QED) is 0.155. The Labute approximate surface area is 232 Å². The average Bonchev–Trinajstić information content (AvgIpc) is 3.54. The van der Waals surface area contributed by atoms with Gasteiger partial charge in [0.1, 0.15) is 11.0 Å². The van der Waals surface area contributed by atoms with Gasteiger partial charge < -0.3 is 0 Å². The summed E-state index contributed by atoms with van der Waals surface area (Å²) in [5.41, 5.74) is 10.3. The van der Waals surface area contributed by atoms with Gasteiger partial charge in [0.2, 0.25) is 0 Å². The van der Waals surface area contributed by atoms with Crippen LogP contribution in [0.2, 0.25) is 0 Å². The van der Waals surface area contributed by atoms with Crippen molar-refractivity contribution in [3.05, 3.63) is 82.4 Å². The summed E-state index contributed by atoms with van der Waals surface area (Å²) < 4.78 is 8.83. The van der Waals surface area contributed by atoms with Gasteiger partial charge in [-0.3, -0.25) is 0 Å². The molecule has 0 atom stereocenters. The zero-order valence-corrected chi connectivity index (χ0v) is 23.5. The van der Waals surface area contributed by atoms with E-state index >= 15 is 0 Å². The monoisotopic (exact) mass is 516 g/mol. The minimum absolute atomic E-state index is 0.00442. The predicted molar refractivity (Wildman–Crippen MR) is 162 cm³/mol. The Balaban J connectivity index is 1.59. The van der Waals surface area contributed by atoms with Gasteiger partial charge >= 0.3 is 0 Å². The van der Waals surface area contributed by atoms with Gasteiger partial charge in [-0.15, -0.1) is 6.42 Å². The summed E-state index contributed by atoms with van der Waals surface area (Å²) >= 11 is 1.24. The summed E-state index contributed by atoms with van der Waals surface area (Å²) in [6.45, 7) is 4.57. The maximum Gasteiger partial charge on any atom is 0.120 e. The van der Waals surface area contributed by atoms with Crippen molar-refractivity contribution < 1.29 is 0 Å². The molecule has 0 unspecified atom stereocenters. The van der Waals surface area contributed by atoms with Gasteiger partial charge in [-0.25, -0.2) is 0 Å². The van der Waals surface area contributed by atoms with Crippen molar-refractivity contribution in [2.45, 2.75) is 83.5 Å². The largest absolute Gasteiger partial charge is 0.173 e. The Hall–Kier alpha value is -3.40. The van der Waals surface area contributed by atoms with E-state index in [0.29, 0.717) is 0 Å². The van der Waals surface area contributed by atoms with Gasteiger partial charge in [0.15, 0.2) is 0 Å². The van der Waals surface area contributed by atoms with Gasteiger partial charge in [0, 0.05) is 16.5 Å². The highest BCUT2D eigenvalue weighted by Crippen LogP contribution is 2.54. The highest BCUT2D eigenvalue weighted by Gasteiger charge is 2.42. The second-order valence-corrected chi connectivity index (χ2v) is 11.1. The lowest BCUT2D eigenvalue weighted by atomic mass is 9.70. The molecule has 0 saturated heterocycles. The number of rotatable bonds is 10. The molecule has 192 valence electrons. The van der Waals surface area contributed by atoms with E-state index in [4.69, 9.17) is 6.42 Å². The Bertz CT molecular complexity index is 1510. The molecule has 1 aromatic heterocycles. The third-order valence-electron chi connectivity index (χ3n) is 8.07. The van der Waals surface area contributed by atoms with E-state index in [-0.39, 0.29) is 5.41 Å². The number of benzene rings is 3. The van der Waals surface area contributed by atoms with Gasteiger partial charge in [-0.1, -0.05) is 101 Å². The topological polar surface area (TPSA) is 25.8 Å². The van der Waals surface area contributed by atoms with E-state index in [0.717, 1.165) is 40.6 Å². The van der Waals surface area contributed by atoms with Crippen LogP contribution in [-0.2, 0) is 5.41 Å². The van der Waals surface area contributed by atoms with Crippen LogP contribution in [0.25, 0.3) is 22.2 Å². The summed E-state index contributed by atoms with van der Waals surface area (Å²) in [6, 6.07) is 19.5. The Morgan fingerprint density at radius 1 is 0.737 bits per heavy atom. The summed E-state index contributed by atoms with van der Waals surface area (Å²) in [7, 11) is 0. The third kappa shape index (κ3) is 5.14. The molecule has 2 nitrogen and oxygen atoms in total. The van der Waals surface area contributed by atoms with E-state index < -0.39 is 0 Å². The van der Waals surface area contributed by atoms with Crippen LogP contribution >= 0.6 is 11.7 Å². The molecule has 5 rings (SSSR count). The van der Waals surface area contributed by atoms with Crippen LogP contribution in [0.5, 0.6) is 0 Å². The van der Waals surface area contributed by atoms with Crippen molar-refractivity contribution in [1.82, 2.24) is 8.75 Å². The van der Waals surface area contributed by atoms with Crippen molar-refractivity contribution in [1.29, 1.82) is 0 Å². The van der Waals surface area contributed by atoms with Crippen LogP contribution in [0.1, 0.15) is 106 Å². The second kappa shape index (κ2) is 12.0. The number of hydrogen-bond acceptors (Lipinski definition) is 3. The number of terminal acetylenes is 1. The SMILES string of the molecule is C#Cc1ccc2c(c1)C(CCCCCC)(CCCCCC)c1cc(C#Cc3cccc4nsnc34)ccc1-2. The highest BCUT2D eigenvalue weighted by molar-refractivity contribution is 7.00. The summed E-state index contributed by atoms with van der Waals surface area (Å²) in [5, 5.41) is 0. The van der Waals surface area contributed by atoms with Crippen LogP contribution < -0.4 is 0 Å². The van der Waals surface area contributed by atoms with Crippen molar-refractivity contribution in [2.75, 3.05) is 0 Å². The van der Waals surface area contributed by atoms with Crippen LogP contribution in [0.4, 0.5) is 0 Å². The van der Waals surface area contributed by atoms with Crippen molar-refractivity contribution in [3.63, 3.8) is 0 Å². The molecule has 3 heteroatoms. The van der Waals surface area contributed by atoms with E-state index in [1.807, 2.05) is 18.2 Å². The Morgan fingerprint density at radius 2 is 1.39 bits per heavy atom. The fourth-order valence-electron chi connectivity index (χ4n) is 6.08. The Kier molecular flexibility index (Phi) is 8.26. The molecule has 3 aromatic carbocycles. The molecule has 0 fully saturated rings. The normalized spacial score (nSPS) is 13.0. The van der Waals surface area contributed by atoms with Gasteiger partial charge in [-0.05, 0) is 71.5 Å². The first-order valence-electron chi connectivity index (χ1n) is 14.2. The van der Waals surface area contributed by atoms with E-state index in [1.165, 1.54) is 85.3 Å². The van der Waals surface area contributed by atoms with E-state index in [1.54, 1.807) is 0 Å². The first kappa shape index (κ1) is 26.2. The highest BCUT2D eigenvalue weighted by atomic mass is 32.1. The molecule has 1 heterocycles. The van der Waals surface area contributed by atoms with Crippen LogP contribution in [0, 0.1) is 24.2 Å². The number of fused-ring (bicyclic) bond motifs is 4. The number of aromatic nitrogens is 2. The fraction of sp³-hybridized carbons (Fsp3) is 0.371. The van der Waals surface area contributed by atoms with Crippen molar-refractivity contribution in [2.24, 2.45) is 0 Å². The van der Waals surface area contributed by atoms with Gasteiger partial charge in [0.05, 0.1) is 17.3 Å². The van der Waals surface area contributed by atoms with Crippen LogP contribution in [-0.4, -0.2) is 8.75 Å². The molecule has 0 saturated carbocycles. The zero-order valence-electron chi connectivity index (χ0n) is 22.6. The lowest BCUT2D eigenvalue weighted by Gasteiger charge is -2.33. The lowest BCUT2D eigenvalue weighted by molar-refractivity contribution is 0.401. The minimum atomic E-state index is -0.00442. The maximum atomic E-state index is 5.89. The molecule has 1 aliphatic rings. The fourth-order valence-corrected chi connectivity index (χ4v) is 6.63. The first-order valence-corrected chi connectivity index (χ1v) is 14.9. The molecule has 1 aliphatic carbocycles. The number of hydrogen-bond donors (Lipinski definition) is 0. The van der Waals surface area contributed by atoms with E-state index in [9.17, 15) is 0 Å². The van der Waals surface area contributed by atoms with E-state index in [2.05, 4.69) is 76.8 Å². The molecule has 0 radical (unpaired) electrons. The molecule has 0 N–H and O–H groups in total. The summed E-state index contributed by atoms with van der Waals surface area (Å²) in [5.74, 6) is 9.77. The van der Waals surface area contributed by atoms with Crippen LogP contribution in [0.3, 0.4) is 0 Å². The second-order valence-electron chi connectivity index (χ2n) is 10.6. The minimum Gasteiger partial charge on any atom is -0.173 e. The Morgan fingerprint density at radius 3 is 2.05 bits per heavy atom. The lowest BCUT2D eigenvalue weighted by Crippen LogP contribution is -2.26. The summed E-state index contributed by atoms with van der Waals surface area (Å²) in [6.07, 6.45) is 18.3. The molecule has 0 amide bonds. The third-order valence-corrected chi connectivity index (χ3v) is 8.61. The average molecular weight is 517 g/mol. The first-order chi connectivity index (χ1) is 18.7. The molecule has 4 aromatic rings. The number of nitrogens with zero attached hydrogens (tertiary/aromatic N) is 2. The smallest absolute Gasteiger partial charge is 0.120 e. The molecule has 0 bridgehead atoms. The molecule has 0 spiro atoms. The standard InChI is InChI=1S/C35H36N2S/c1-4-7-9-11-22-35(23-12-10-8-5-2)31-24-26(6-3)17-20-29(31)30-21-18-27(25-32(30)35)16-19-28-14-13-15-33-34(28)37-38-36-33/h3,13-15,17-18,20-21,24-25H,4-5,7-12,22-23H2,1-2H3. The maximum absolute atomic E-state index is 5.89. The van der Waals surface area contributed by atoms with Gasteiger partial charge in [-0.2, -0.15) is 8.75 Å². The molecule has 38 heavy (non-hydrogen) atoms. The van der Waals surface area contributed by atoms with Crippen LogP contribution in [0.15, 0.2) is 54.6 Å². The zero-order chi connectivity index (χ0) is 26.4. The van der Waals surface area contributed by atoms with Gasteiger partial charge in [0.25, 0.3) is 0 Å². The number of unbranched alkanes of at least 4 members (excludes halogenated alkanes) is 6. The molecular weight excluding hydrogens is 480 g/mol. The molecule has 0 aliphatic heterocycles. The van der Waals surface area contributed by atoms with Crippen molar-refractivity contribution >= 4 is 22.8 Å². The summed E-state index contributed by atoms with van der Waals surface area (Å²) in [4.78, 5) is 0. The van der Waals surface area contributed by atoms with Crippen molar-refractivity contribution in [3.8, 4) is 35.3 Å².